The second-order valence-electron chi connectivity index (χ2n) is 14.4. The van der Waals surface area contributed by atoms with Crippen LogP contribution in [0, 0.1) is 5.92 Å². The van der Waals surface area contributed by atoms with Crippen molar-refractivity contribution in [1.29, 1.82) is 0 Å². The third-order valence-electron chi connectivity index (χ3n) is 8.95. The minimum atomic E-state index is -0.679. The zero-order chi connectivity index (χ0) is 38.4. The van der Waals surface area contributed by atoms with Crippen molar-refractivity contribution in [1.82, 2.24) is 20.7 Å². The standard InChI is InChI=1S/C25H31N3O7.C16H21NO/c1-25(2,3)35-24(32)27(4)15-22(30)26-28(17-29)14-18-8-12-21(13-9-18)34-16-19-6-10-20(11-7-19)23(31)33-5;18-16(13-7-1-2-8-13)17-15-11-5-9-12-6-3-4-10-14(12)15/h6-13,17H,14-16H2,1-5H3,(H,26,30);3-4,6,10,13,15H,1-2,5,7-9,11H2,(H,17,18)/t;15-/m.1/s1. The molecule has 284 valence electrons. The van der Waals surface area contributed by atoms with Gasteiger partial charge in [0.25, 0.3) is 5.91 Å². The van der Waals surface area contributed by atoms with Gasteiger partial charge >= 0.3 is 12.1 Å². The normalized spacial score (nSPS) is 15.1. The molecule has 4 amide bonds. The topological polar surface area (TPSA) is 144 Å². The maximum absolute atomic E-state index is 12.2. The average molecular weight is 729 g/mol. The first-order valence-electron chi connectivity index (χ1n) is 18.1. The SMILES string of the molecule is COC(=O)c1ccc(COc2ccc(CN(C=O)NC(=O)CN(C)C(=O)OC(C)(C)C)cc2)cc1.O=C(N[C@@H]1CCCc2ccccc21)C1CCCC1. The van der Waals surface area contributed by atoms with Crippen molar-refractivity contribution in [2.45, 2.75) is 90.5 Å². The molecule has 0 aromatic heterocycles. The molecule has 1 fully saturated rings. The molecule has 0 saturated heterocycles. The van der Waals surface area contributed by atoms with Crippen molar-refractivity contribution in [3.05, 3.63) is 101 Å². The molecule has 0 aliphatic heterocycles. The Morgan fingerprint density at radius 3 is 2.17 bits per heavy atom. The molecule has 0 unspecified atom stereocenters. The van der Waals surface area contributed by atoms with E-state index in [1.54, 1.807) is 69.3 Å². The van der Waals surface area contributed by atoms with Gasteiger partial charge in [-0.25, -0.2) is 9.59 Å². The predicted octanol–water partition coefficient (Wildman–Crippen LogP) is 6.28. The lowest BCUT2D eigenvalue weighted by atomic mass is 9.87. The first-order chi connectivity index (χ1) is 25.3. The monoisotopic (exact) mass is 728 g/mol. The van der Waals surface area contributed by atoms with Gasteiger partial charge in [-0.1, -0.05) is 61.4 Å². The number of carbonyl (C=O) groups excluding carboxylic acids is 5. The molecule has 12 nitrogen and oxygen atoms in total. The van der Waals surface area contributed by atoms with E-state index in [9.17, 15) is 24.0 Å². The minimum Gasteiger partial charge on any atom is -0.489 e. The van der Waals surface area contributed by atoms with Gasteiger partial charge in [-0.05, 0) is 99.4 Å². The molecule has 0 radical (unpaired) electrons. The van der Waals surface area contributed by atoms with Crippen LogP contribution in [-0.4, -0.2) is 66.5 Å². The Morgan fingerprint density at radius 1 is 0.868 bits per heavy atom. The molecule has 0 bridgehead atoms. The number of nitrogens with one attached hydrogen (secondary N) is 2. The van der Waals surface area contributed by atoms with Crippen LogP contribution in [0.4, 0.5) is 4.79 Å². The Balaban J connectivity index is 0.000000288. The fraction of sp³-hybridized carbons (Fsp3) is 0.439. The van der Waals surface area contributed by atoms with Gasteiger partial charge in [0.2, 0.25) is 12.3 Å². The molecule has 1 saturated carbocycles. The molecule has 12 heteroatoms. The third-order valence-corrected chi connectivity index (χ3v) is 8.95. The summed E-state index contributed by atoms with van der Waals surface area (Å²) in [5, 5.41) is 4.37. The molecule has 3 aromatic carbocycles. The van der Waals surface area contributed by atoms with Gasteiger partial charge in [0.15, 0.2) is 0 Å². The number of aryl methyl sites for hydroxylation is 1. The number of hydrogen-bond acceptors (Lipinski definition) is 8. The van der Waals surface area contributed by atoms with E-state index in [4.69, 9.17) is 9.47 Å². The van der Waals surface area contributed by atoms with Crippen LogP contribution in [0.2, 0.25) is 0 Å². The minimum absolute atomic E-state index is 0.126. The Kier molecular flexibility index (Phi) is 14.8. The van der Waals surface area contributed by atoms with Gasteiger partial charge < -0.3 is 24.4 Å². The van der Waals surface area contributed by atoms with Crippen LogP contribution in [-0.2, 0) is 43.4 Å². The van der Waals surface area contributed by atoms with E-state index in [2.05, 4.69) is 39.7 Å². The maximum atomic E-state index is 12.2. The molecule has 0 spiro atoms. The molecule has 2 aliphatic carbocycles. The fourth-order valence-electron chi connectivity index (χ4n) is 6.21. The molecule has 2 N–H and O–H groups in total. The highest BCUT2D eigenvalue weighted by Crippen LogP contribution is 2.31. The highest BCUT2D eigenvalue weighted by molar-refractivity contribution is 5.89. The third kappa shape index (κ3) is 13.0. The summed E-state index contributed by atoms with van der Waals surface area (Å²) in [6, 6.07) is 22.7. The Bertz CT molecular complexity index is 1680. The molecule has 2 aliphatic rings. The number of esters is 1. The van der Waals surface area contributed by atoms with E-state index in [0.717, 1.165) is 46.7 Å². The van der Waals surface area contributed by atoms with Crippen LogP contribution < -0.4 is 15.5 Å². The van der Waals surface area contributed by atoms with Crippen LogP contribution in [0.5, 0.6) is 5.75 Å². The number of carbonyl (C=O) groups is 5. The number of hydrazine groups is 1. The van der Waals surface area contributed by atoms with Crippen molar-refractivity contribution < 1.29 is 38.2 Å². The highest BCUT2D eigenvalue weighted by Gasteiger charge is 2.27. The van der Waals surface area contributed by atoms with E-state index < -0.39 is 23.6 Å². The average Bonchev–Trinajstić information content (AvgIpc) is 3.70. The Morgan fingerprint density at radius 2 is 1.53 bits per heavy atom. The van der Waals surface area contributed by atoms with Gasteiger partial charge in [-0.15, -0.1) is 0 Å². The lowest BCUT2D eigenvalue weighted by Crippen LogP contribution is -2.47. The molecule has 3 aromatic rings. The second kappa shape index (κ2) is 19.4. The van der Waals surface area contributed by atoms with Crippen molar-refractivity contribution in [3.8, 4) is 5.75 Å². The van der Waals surface area contributed by atoms with Gasteiger partial charge in [-0.2, -0.15) is 0 Å². The van der Waals surface area contributed by atoms with Gasteiger partial charge in [-0.3, -0.25) is 24.8 Å². The summed E-state index contributed by atoms with van der Waals surface area (Å²) in [5.41, 5.74) is 6.64. The molecule has 5 rings (SSSR count). The largest absolute Gasteiger partial charge is 0.489 e. The number of ether oxygens (including phenoxy) is 3. The Labute approximate surface area is 312 Å². The summed E-state index contributed by atoms with van der Waals surface area (Å²) < 4.78 is 15.6. The Hall–Kier alpha value is -5.39. The van der Waals surface area contributed by atoms with Crippen molar-refractivity contribution in [2.75, 3.05) is 20.7 Å². The first-order valence-corrected chi connectivity index (χ1v) is 18.1. The lowest BCUT2D eigenvalue weighted by Gasteiger charge is -2.27. The van der Waals surface area contributed by atoms with Crippen LogP contribution in [0.25, 0.3) is 0 Å². The van der Waals surface area contributed by atoms with Crippen LogP contribution >= 0.6 is 0 Å². The highest BCUT2D eigenvalue weighted by atomic mass is 16.6. The van der Waals surface area contributed by atoms with Crippen molar-refractivity contribution in [2.24, 2.45) is 5.92 Å². The van der Waals surface area contributed by atoms with Crippen molar-refractivity contribution >= 4 is 30.3 Å². The summed E-state index contributed by atoms with van der Waals surface area (Å²) in [7, 11) is 2.77. The van der Waals surface area contributed by atoms with Gasteiger partial charge in [0, 0.05) is 13.0 Å². The number of rotatable bonds is 12. The van der Waals surface area contributed by atoms with Crippen LogP contribution in [0.1, 0.15) is 97.9 Å². The number of amides is 4. The molecule has 0 heterocycles. The number of benzene rings is 3. The number of likely N-dealkylation sites (N-methyl/N-ethyl adjacent to an activating group) is 1. The van der Waals surface area contributed by atoms with E-state index in [0.29, 0.717) is 24.3 Å². The van der Waals surface area contributed by atoms with Gasteiger partial charge in [0.05, 0.1) is 25.3 Å². The predicted molar refractivity (Wildman–Crippen MR) is 199 cm³/mol. The van der Waals surface area contributed by atoms with E-state index in [1.165, 1.54) is 44.5 Å². The summed E-state index contributed by atoms with van der Waals surface area (Å²) in [5.74, 6) is 0.243. The summed E-state index contributed by atoms with van der Waals surface area (Å²) in [4.78, 5) is 60.4. The number of fused-ring (bicyclic) bond motifs is 1. The summed E-state index contributed by atoms with van der Waals surface area (Å²) >= 11 is 0. The second-order valence-corrected chi connectivity index (χ2v) is 14.4. The lowest BCUT2D eigenvalue weighted by molar-refractivity contribution is -0.134. The van der Waals surface area contributed by atoms with E-state index in [-0.39, 0.29) is 31.0 Å². The zero-order valence-corrected chi connectivity index (χ0v) is 31.4. The van der Waals surface area contributed by atoms with Gasteiger partial charge in [0.1, 0.15) is 24.5 Å². The van der Waals surface area contributed by atoms with Crippen LogP contribution in [0.15, 0.2) is 72.8 Å². The van der Waals surface area contributed by atoms with E-state index in [1.807, 2.05) is 0 Å². The number of hydrogen-bond donors (Lipinski definition) is 2. The molecular weight excluding hydrogens is 676 g/mol. The molecular formula is C41H52N4O8. The van der Waals surface area contributed by atoms with Crippen molar-refractivity contribution in [3.63, 3.8) is 0 Å². The molecule has 1 atom stereocenters. The smallest absolute Gasteiger partial charge is 0.410 e. The maximum Gasteiger partial charge on any atom is 0.410 e. The fourth-order valence-corrected chi connectivity index (χ4v) is 6.21. The van der Waals surface area contributed by atoms with Crippen LogP contribution in [0.3, 0.4) is 0 Å². The molecule has 53 heavy (non-hydrogen) atoms. The number of methoxy groups -OCH3 is 1. The zero-order valence-electron chi connectivity index (χ0n) is 31.4. The van der Waals surface area contributed by atoms with E-state index >= 15 is 0 Å². The number of nitrogens with zero attached hydrogens (tertiary/aromatic N) is 2. The summed E-state index contributed by atoms with van der Waals surface area (Å²) in [6.45, 7) is 5.35. The summed E-state index contributed by atoms with van der Waals surface area (Å²) in [6.07, 6.45) is 7.90. The quantitative estimate of drug-likeness (QED) is 0.126. The first kappa shape index (κ1) is 40.4.